The molecule has 1 atom stereocenters. The minimum absolute atomic E-state index is 0.112. The minimum Gasteiger partial charge on any atom is -0.467 e. The molecule has 2 aromatic heterocycles. The molecule has 0 saturated carbocycles. The quantitative estimate of drug-likeness (QED) is 0.684. The van der Waals surface area contributed by atoms with Crippen molar-refractivity contribution in [2.45, 2.75) is 19.5 Å². The van der Waals surface area contributed by atoms with Crippen LogP contribution < -0.4 is 16.0 Å². The van der Waals surface area contributed by atoms with Crippen LogP contribution in [0.15, 0.2) is 45.6 Å². The summed E-state index contributed by atoms with van der Waals surface area (Å²) in [6.45, 7) is 1.56. The number of carbonyl (C=O) groups is 3. The first-order valence-corrected chi connectivity index (χ1v) is 6.97. The largest absolute Gasteiger partial charge is 0.467 e. The van der Waals surface area contributed by atoms with E-state index in [4.69, 9.17) is 8.83 Å². The number of rotatable bonds is 7. The average Bonchev–Trinajstić information content (AvgIpc) is 3.22. The van der Waals surface area contributed by atoms with Crippen LogP contribution >= 0.6 is 0 Å². The summed E-state index contributed by atoms with van der Waals surface area (Å²) in [5.74, 6) is -0.609. The zero-order chi connectivity index (χ0) is 16.7. The first kappa shape index (κ1) is 16.3. The average molecular weight is 319 g/mol. The highest BCUT2D eigenvalue weighted by Gasteiger charge is 2.18. The van der Waals surface area contributed by atoms with Gasteiger partial charge < -0.3 is 24.8 Å². The van der Waals surface area contributed by atoms with E-state index in [1.165, 1.54) is 25.5 Å². The molecule has 3 amide bonds. The van der Waals surface area contributed by atoms with Crippen LogP contribution in [0.5, 0.6) is 0 Å². The van der Waals surface area contributed by atoms with Crippen molar-refractivity contribution < 1.29 is 23.2 Å². The van der Waals surface area contributed by atoms with Crippen molar-refractivity contribution in [3.05, 3.63) is 48.3 Å². The lowest BCUT2D eigenvalue weighted by Gasteiger charge is -2.13. The number of carbonyl (C=O) groups excluding carboxylic acids is 3. The topological polar surface area (TPSA) is 114 Å². The van der Waals surface area contributed by atoms with Gasteiger partial charge in [-0.2, -0.15) is 0 Å². The number of hydrogen-bond donors (Lipinski definition) is 3. The maximum Gasteiger partial charge on any atom is 0.287 e. The summed E-state index contributed by atoms with van der Waals surface area (Å²) in [4.78, 5) is 35.2. The molecule has 8 nitrogen and oxygen atoms in total. The normalized spacial score (nSPS) is 11.5. The van der Waals surface area contributed by atoms with Crippen LogP contribution in [0.3, 0.4) is 0 Å². The molecular weight excluding hydrogens is 302 g/mol. The SMILES string of the molecule is CC(NC(=O)c1ccco1)C(=O)NCC(=O)NCc1ccco1. The summed E-state index contributed by atoms with van der Waals surface area (Å²) in [6.07, 6.45) is 2.87. The Kier molecular flexibility index (Phi) is 5.56. The zero-order valence-corrected chi connectivity index (χ0v) is 12.5. The van der Waals surface area contributed by atoms with Crippen molar-refractivity contribution in [3.8, 4) is 0 Å². The van der Waals surface area contributed by atoms with Crippen molar-refractivity contribution in [2.75, 3.05) is 6.54 Å². The van der Waals surface area contributed by atoms with Crippen molar-refractivity contribution in [1.82, 2.24) is 16.0 Å². The van der Waals surface area contributed by atoms with Gasteiger partial charge in [0, 0.05) is 0 Å². The van der Waals surface area contributed by atoms with E-state index < -0.39 is 17.9 Å². The molecule has 0 saturated heterocycles. The molecule has 2 rings (SSSR count). The molecule has 0 aliphatic carbocycles. The predicted molar refractivity (Wildman–Crippen MR) is 79.2 cm³/mol. The monoisotopic (exact) mass is 319 g/mol. The summed E-state index contributed by atoms with van der Waals surface area (Å²) < 4.78 is 9.99. The first-order chi connectivity index (χ1) is 11.1. The van der Waals surface area contributed by atoms with Gasteiger partial charge in [0.05, 0.1) is 25.6 Å². The highest BCUT2D eigenvalue weighted by molar-refractivity contribution is 5.96. The van der Waals surface area contributed by atoms with Crippen molar-refractivity contribution in [1.29, 1.82) is 0 Å². The fourth-order valence-electron chi connectivity index (χ4n) is 1.72. The summed E-state index contributed by atoms with van der Waals surface area (Å²) >= 11 is 0. The second kappa shape index (κ2) is 7.83. The molecule has 0 aliphatic rings. The Morgan fingerprint density at radius 1 is 1.09 bits per heavy atom. The Morgan fingerprint density at radius 3 is 2.48 bits per heavy atom. The van der Waals surface area contributed by atoms with Crippen LogP contribution in [-0.2, 0) is 16.1 Å². The van der Waals surface area contributed by atoms with E-state index in [1.807, 2.05) is 0 Å². The fourth-order valence-corrected chi connectivity index (χ4v) is 1.72. The lowest BCUT2D eigenvalue weighted by molar-refractivity contribution is -0.127. The van der Waals surface area contributed by atoms with Gasteiger partial charge in [0.1, 0.15) is 11.8 Å². The summed E-state index contributed by atoms with van der Waals surface area (Å²) in [5.41, 5.74) is 0. The van der Waals surface area contributed by atoms with Crippen LogP contribution in [-0.4, -0.2) is 30.3 Å². The van der Waals surface area contributed by atoms with Crippen LogP contribution in [0.4, 0.5) is 0 Å². The molecule has 0 aliphatic heterocycles. The number of amides is 3. The molecule has 0 bridgehead atoms. The van der Waals surface area contributed by atoms with Gasteiger partial charge >= 0.3 is 0 Å². The second-order valence-corrected chi connectivity index (χ2v) is 4.75. The zero-order valence-electron chi connectivity index (χ0n) is 12.5. The van der Waals surface area contributed by atoms with E-state index in [9.17, 15) is 14.4 Å². The Labute approximate surface area is 132 Å². The number of hydrogen-bond acceptors (Lipinski definition) is 5. The molecule has 0 spiro atoms. The van der Waals surface area contributed by atoms with Gasteiger partial charge in [0.15, 0.2) is 5.76 Å². The molecular formula is C15H17N3O5. The third kappa shape index (κ3) is 5.03. The molecule has 0 fully saturated rings. The van der Waals surface area contributed by atoms with Crippen molar-refractivity contribution in [3.63, 3.8) is 0 Å². The summed E-state index contributed by atoms with van der Waals surface area (Å²) in [5, 5.41) is 7.50. The Bertz CT molecular complexity index is 649. The maximum absolute atomic E-state index is 11.8. The van der Waals surface area contributed by atoms with Gasteiger partial charge in [-0.3, -0.25) is 14.4 Å². The second-order valence-electron chi connectivity index (χ2n) is 4.75. The van der Waals surface area contributed by atoms with Gasteiger partial charge in [-0.05, 0) is 31.2 Å². The van der Waals surface area contributed by atoms with E-state index in [0.717, 1.165) is 0 Å². The van der Waals surface area contributed by atoms with Crippen LogP contribution in [0.25, 0.3) is 0 Å². The molecule has 23 heavy (non-hydrogen) atoms. The molecule has 0 radical (unpaired) electrons. The Hall–Kier alpha value is -3.03. The lowest BCUT2D eigenvalue weighted by atomic mass is 10.3. The number of nitrogens with one attached hydrogen (secondary N) is 3. The molecule has 122 valence electrons. The molecule has 8 heteroatoms. The third-order valence-corrected chi connectivity index (χ3v) is 2.95. The van der Waals surface area contributed by atoms with Gasteiger partial charge in [-0.25, -0.2) is 0 Å². The molecule has 2 heterocycles. The van der Waals surface area contributed by atoms with Crippen LogP contribution in [0.1, 0.15) is 23.2 Å². The van der Waals surface area contributed by atoms with E-state index in [0.29, 0.717) is 5.76 Å². The maximum atomic E-state index is 11.8. The van der Waals surface area contributed by atoms with Crippen LogP contribution in [0, 0.1) is 0 Å². The van der Waals surface area contributed by atoms with Gasteiger partial charge in [0.2, 0.25) is 11.8 Å². The number of furan rings is 2. The Morgan fingerprint density at radius 2 is 1.83 bits per heavy atom. The van der Waals surface area contributed by atoms with E-state index in [2.05, 4.69) is 16.0 Å². The van der Waals surface area contributed by atoms with Crippen molar-refractivity contribution in [2.24, 2.45) is 0 Å². The van der Waals surface area contributed by atoms with Gasteiger partial charge in [0.25, 0.3) is 5.91 Å². The van der Waals surface area contributed by atoms with E-state index in [-0.39, 0.29) is 24.8 Å². The van der Waals surface area contributed by atoms with Gasteiger partial charge in [-0.15, -0.1) is 0 Å². The molecule has 1 unspecified atom stereocenters. The minimum atomic E-state index is -0.800. The Balaban J connectivity index is 1.69. The molecule has 3 N–H and O–H groups in total. The smallest absolute Gasteiger partial charge is 0.287 e. The molecule has 2 aromatic rings. The fraction of sp³-hybridized carbons (Fsp3) is 0.267. The van der Waals surface area contributed by atoms with E-state index in [1.54, 1.807) is 18.2 Å². The highest BCUT2D eigenvalue weighted by Crippen LogP contribution is 2.00. The summed E-state index contributed by atoms with van der Waals surface area (Å²) in [6, 6.07) is 5.70. The molecule has 0 aromatic carbocycles. The predicted octanol–water partition coefficient (Wildman–Crippen LogP) is 0.424. The van der Waals surface area contributed by atoms with Crippen molar-refractivity contribution >= 4 is 17.7 Å². The van der Waals surface area contributed by atoms with Gasteiger partial charge in [-0.1, -0.05) is 0 Å². The first-order valence-electron chi connectivity index (χ1n) is 6.97. The third-order valence-electron chi connectivity index (χ3n) is 2.95. The standard InChI is InChI=1S/C15H17N3O5/c1-10(18-15(21)12-5-3-7-23-12)14(20)17-9-13(19)16-8-11-4-2-6-22-11/h2-7,10H,8-9H2,1H3,(H,16,19)(H,17,20)(H,18,21). The van der Waals surface area contributed by atoms with Crippen LogP contribution in [0.2, 0.25) is 0 Å². The highest BCUT2D eigenvalue weighted by atomic mass is 16.3. The van der Waals surface area contributed by atoms with E-state index >= 15 is 0 Å². The lowest BCUT2D eigenvalue weighted by Crippen LogP contribution is -2.47. The summed E-state index contributed by atoms with van der Waals surface area (Å²) in [7, 11) is 0.